The summed E-state index contributed by atoms with van der Waals surface area (Å²) in [5.74, 6) is 0.160. The zero-order chi connectivity index (χ0) is 20.1. The Labute approximate surface area is 162 Å². The highest BCUT2D eigenvalue weighted by Crippen LogP contribution is 2.35. The molecule has 0 aliphatic heterocycles. The Bertz CT molecular complexity index is 781. The summed E-state index contributed by atoms with van der Waals surface area (Å²) >= 11 is 0. The molecule has 2 rings (SSSR count). The molecular weight excluding hydrogens is 336 g/mol. The van der Waals surface area contributed by atoms with E-state index >= 15 is 0 Å². The van der Waals surface area contributed by atoms with Gasteiger partial charge in [-0.25, -0.2) is 0 Å². The van der Waals surface area contributed by atoms with Gasteiger partial charge < -0.3 is 10.2 Å². The second-order valence-electron chi connectivity index (χ2n) is 7.61. The van der Waals surface area contributed by atoms with Crippen molar-refractivity contribution in [3.8, 4) is 0 Å². The molecule has 4 heteroatoms. The number of hydrogen-bond donors (Lipinski definition) is 1. The molecular formula is C23H30N2O2. The molecule has 0 unspecified atom stereocenters. The van der Waals surface area contributed by atoms with E-state index in [0.29, 0.717) is 0 Å². The quantitative estimate of drug-likeness (QED) is 0.760. The zero-order valence-corrected chi connectivity index (χ0v) is 17.2. The minimum absolute atomic E-state index is 0.00728. The Kier molecular flexibility index (Phi) is 6.78. The molecule has 27 heavy (non-hydrogen) atoms. The van der Waals surface area contributed by atoms with Gasteiger partial charge in [-0.05, 0) is 42.0 Å². The van der Waals surface area contributed by atoms with E-state index in [9.17, 15) is 9.59 Å². The van der Waals surface area contributed by atoms with Gasteiger partial charge in [-0.3, -0.25) is 9.59 Å². The van der Waals surface area contributed by atoms with E-state index in [2.05, 4.69) is 33.0 Å². The van der Waals surface area contributed by atoms with Crippen molar-refractivity contribution >= 4 is 23.2 Å². The van der Waals surface area contributed by atoms with E-state index in [1.165, 1.54) is 6.92 Å². The summed E-state index contributed by atoms with van der Waals surface area (Å²) in [6.45, 7) is 11.9. The summed E-state index contributed by atoms with van der Waals surface area (Å²) in [5.41, 5.74) is 4.90. The highest BCUT2D eigenvalue weighted by atomic mass is 16.2. The summed E-state index contributed by atoms with van der Waals surface area (Å²) in [7, 11) is 0. The van der Waals surface area contributed by atoms with Gasteiger partial charge in [0, 0.05) is 12.6 Å². The fourth-order valence-corrected chi connectivity index (χ4v) is 3.15. The normalized spacial score (nSPS) is 11.0. The van der Waals surface area contributed by atoms with Crippen molar-refractivity contribution in [3.05, 3.63) is 59.2 Å². The second-order valence-corrected chi connectivity index (χ2v) is 7.61. The zero-order valence-electron chi connectivity index (χ0n) is 17.2. The number of anilines is 2. The summed E-state index contributed by atoms with van der Waals surface area (Å²) in [6, 6.07) is 13.7. The van der Waals surface area contributed by atoms with Crippen LogP contribution in [-0.4, -0.2) is 18.4 Å². The topological polar surface area (TPSA) is 49.4 Å². The van der Waals surface area contributed by atoms with Crippen LogP contribution in [0, 0.1) is 6.92 Å². The van der Waals surface area contributed by atoms with E-state index < -0.39 is 0 Å². The molecule has 0 atom stereocenters. The van der Waals surface area contributed by atoms with Gasteiger partial charge >= 0.3 is 0 Å². The van der Waals surface area contributed by atoms with Crippen LogP contribution in [0.25, 0.3) is 0 Å². The van der Waals surface area contributed by atoms with E-state index in [1.54, 1.807) is 4.90 Å². The van der Waals surface area contributed by atoms with Crippen molar-refractivity contribution < 1.29 is 9.59 Å². The Morgan fingerprint density at radius 2 is 1.44 bits per heavy atom. The van der Waals surface area contributed by atoms with Crippen molar-refractivity contribution in [2.45, 2.75) is 53.4 Å². The Morgan fingerprint density at radius 3 is 1.89 bits per heavy atom. The number of rotatable bonds is 6. The average molecular weight is 367 g/mol. The van der Waals surface area contributed by atoms with Gasteiger partial charge in [-0.1, -0.05) is 63.6 Å². The number of hydrogen-bond acceptors (Lipinski definition) is 2. The molecule has 0 heterocycles. The van der Waals surface area contributed by atoms with Crippen LogP contribution in [0.3, 0.4) is 0 Å². The van der Waals surface area contributed by atoms with Crippen LogP contribution >= 0.6 is 0 Å². The minimum Gasteiger partial charge on any atom is -0.325 e. The third-order valence-electron chi connectivity index (χ3n) is 4.63. The standard InChI is InChI=1S/C23H30N2O2/c1-15(2)20-8-7-9-21(16(3)4)23(20)25(18(6)26)14-22(27)24-19-12-10-17(5)11-13-19/h7-13,15-16H,14H2,1-6H3,(H,24,27). The number of nitrogens with zero attached hydrogens (tertiary/aromatic N) is 1. The third-order valence-corrected chi connectivity index (χ3v) is 4.63. The largest absolute Gasteiger partial charge is 0.325 e. The Morgan fingerprint density at radius 1 is 0.926 bits per heavy atom. The van der Waals surface area contributed by atoms with Gasteiger partial charge in [0.1, 0.15) is 6.54 Å². The molecule has 0 aliphatic rings. The molecule has 0 saturated carbocycles. The van der Waals surface area contributed by atoms with Gasteiger partial charge in [-0.2, -0.15) is 0 Å². The van der Waals surface area contributed by atoms with Crippen molar-refractivity contribution in [3.63, 3.8) is 0 Å². The second kappa shape index (κ2) is 8.85. The summed E-state index contributed by atoms with van der Waals surface area (Å²) in [6.07, 6.45) is 0. The van der Waals surface area contributed by atoms with Crippen molar-refractivity contribution in [1.82, 2.24) is 0 Å². The van der Waals surface area contributed by atoms with Crippen LogP contribution in [0.2, 0.25) is 0 Å². The maximum atomic E-state index is 12.6. The first-order chi connectivity index (χ1) is 12.7. The molecule has 0 aliphatic carbocycles. The number of nitrogens with one attached hydrogen (secondary N) is 1. The van der Waals surface area contributed by atoms with Crippen LogP contribution in [0.1, 0.15) is 63.1 Å². The Hall–Kier alpha value is -2.62. The first-order valence-corrected chi connectivity index (χ1v) is 9.48. The fraction of sp³-hybridized carbons (Fsp3) is 0.391. The molecule has 4 nitrogen and oxygen atoms in total. The predicted octanol–water partition coefficient (Wildman–Crippen LogP) is 5.23. The van der Waals surface area contributed by atoms with E-state index in [-0.39, 0.29) is 30.2 Å². The minimum atomic E-state index is -0.206. The van der Waals surface area contributed by atoms with Gasteiger partial charge in [0.05, 0.1) is 5.69 Å². The summed E-state index contributed by atoms with van der Waals surface area (Å²) in [5, 5.41) is 2.89. The lowest BCUT2D eigenvalue weighted by molar-refractivity contribution is -0.120. The first-order valence-electron chi connectivity index (χ1n) is 9.48. The van der Waals surface area contributed by atoms with Crippen LogP contribution in [-0.2, 0) is 9.59 Å². The monoisotopic (exact) mass is 366 g/mol. The lowest BCUT2D eigenvalue weighted by Gasteiger charge is -2.29. The molecule has 2 aromatic carbocycles. The highest BCUT2D eigenvalue weighted by Gasteiger charge is 2.24. The van der Waals surface area contributed by atoms with Gasteiger partial charge in [0.25, 0.3) is 0 Å². The molecule has 2 amide bonds. The van der Waals surface area contributed by atoms with Crippen LogP contribution in [0.5, 0.6) is 0 Å². The number of para-hydroxylation sites is 1. The van der Waals surface area contributed by atoms with Crippen LogP contribution < -0.4 is 10.2 Å². The predicted molar refractivity (Wildman–Crippen MR) is 112 cm³/mol. The van der Waals surface area contributed by atoms with E-state index in [4.69, 9.17) is 0 Å². The molecule has 0 aromatic heterocycles. The molecule has 0 spiro atoms. The molecule has 2 aromatic rings. The fourth-order valence-electron chi connectivity index (χ4n) is 3.15. The SMILES string of the molecule is CC(=O)N(CC(=O)Nc1ccc(C)cc1)c1c(C(C)C)cccc1C(C)C. The van der Waals surface area contributed by atoms with Crippen LogP contribution in [0.15, 0.2) is 42.5 Å². The maximum Gasteiger partial charge on any atom is 0.244 e. The van der Waals surface area contributed by atoms with E-state index in [0.717, 1.165) is 28.1 Å². The summed E-state index contributed by atoms with van der Waals surface area (Å²) < 4.78 is 0. The molecule has 0 bridgehead atoms. The van der Waals surface area contributed by atoms with Gasteiger partial charge in [-0.15, -0.1) is 0 Å². The van der Waals surface area contributed by atoms with E-state index in [1.807, 2.05) is 49.4 Å². The third kappa shape index (κ3) is 5.19. The molecule has 0 saturated heterocycles. The molecule has 144 valence electrons. The smallest absolute Gasteiger partial charge is 0.244 e. The highest BCUT2D eigenvalue weighted by molar-refractivity contribution is 6.02. The van der Waals surface area contributed by atoms with Crippen molar-refractivity contribution in [1.29, 1.82) is 0 Å². The van der Waals surface area contributed by atoms with Crippen molar-refractivity contribution in [2.75, 3.05) is 16.8 Å². The number of carbonyl (C=O) groups is 2. The van der Waals surface area contributed by atoms with Crippen LogP contribution in [0.4, 0.5) is 11.4 Å². The van der Waals surface area contributed by atoms with Gasteiger partial charge in [0.2, 0.25) is 11.8 Å². The molecule has 1 N–H and O–H groups in total. The number of aryl methyl sites for hydroxylation is 1. The lowest BCUT2D eigenvalue weighted by Crippen LogP contribution is -2.38. The Balaban J connectivity index is 2.36. The maximum absolute atomic E-state index is 12.6. The number of amides is 2. The average Bonchev–Trinajstić information content (AvgIpc) is 2.60. The molecule has 0 radical (unpaired) electrons. The number of carbonyl (C=O) groups excluding carboxylic acids is 2. The summed E-state index contributed by atoms with van der Waals surface area (Å²) in [4.78, 5) is 26.7. The lowest BCUT2D eigenvalue weighted by atomic mass is 9.91. The number of benzene rings is 2. The first kappa shape index (κ1) is 20.7. The molecule has 0 fully saturated rings. The van der Waals surface area contributed by atoms with Crippen molar-refractivity contribution in [2.24, 2.45) is 0 Å². The van der Waals surface area contributed by atoms with Gasteiger partial charge in [0.15, 0.2) is 0 Å².